The number of benzene rings is 2. The van der Waals surface area contributed by atoms with Crippen LogP contribution in [0.4, 0.5) is 9.59 Å². The van der Waals surface area contributed by atoms with Gasteiger partial charge in [0.2, 0.25) is 0 Å². The van der Waals surface area contributed by atoms with Crippen LogP contribution in [-0.2, 0) is 25.7 Å². The molecule has 0 radical (unpaired) electrons. The molecule has 10 heteroatoms. The van der Waals surface area contributed by atoms with Gasteiger partial charge in [-0.25, -0.2) is 14.4 Å². The molecule has 0 aromatic heterocycles. The van der Waals surface area contributed by atoms with Crippen molar-refractivity contribution in [3.05, 3.63) is 66.2 Å². The Balaban J connectivity index is 1.66. The van der Waals surface area contributed by atoms with Gasteiger partial charge in [-0.05, 0) is 56.8 Å². The average Bonchev–Trinajstić information content (AvgIpc) is 2.93. The molecule has 1 heterocycles. The molecule has 2 amide bonds. The van der Waals surface area contributed by atoms with E-state index in [0.29, 0.717) is 38.3 Å². The number of hydrogen-bond acceptors (Lipinski definition) is 8. The third-order valence-corrected chi connectivity index (χ3v) is 6.82. The van der Waals surface area contributed by atoms with Crippen molar-refractivity contribution in [1.82, 2.24) is 15.1 Å². The van der Waals surface area contributed by atoms with E-state index in [9.17, 15) is 19.2 Å². The van der Waals surface area contributed by atoms with Crippen molar-refractivity contribution in [2.45, 2.75) is 65.3 Å². The Kier molecular flexibility index (Phi) is 10.9. The highest BCUT2D eigenvalue weighted by atomic mass is 16.6. The zero-order valence-electron chi connectivity index (χ0n) is 24.5. The van der Waals surface area contributed by atoms with E-state index < -0.39 is 41.3 Å². The van der Waals surface area contributed by atoms with E-state index >= 15 is 0 Å². The second kappa shape index (κ2) is 14.1. The number of piperazine rings is 1. The highest BCUT2D eigenvalue weighted by Crippen LogP contribution is 2.28. The lowest BCUT2D eigenvalue weighted by Gasteiger charge is -2.41. The molecule has 3 rings (SSSR count). The Hall–Kier alpha value is -3.92. The zero-order chi connectivity index (χ0) is 30.0. The zero-order valence-corrected chi connectivity index (χ0v) is 24.5. The van der Waals surface area contributed by atoms with Crippen LogP contribution in [0.3, 0.4) is 0 Å². The van der Waals surface area contributed by atoms with Crippen molar-refractivity contribution in [2.24, 2.45) is 5.41 Å². The third kappa shape index (κ3) is 9.89. The normalized spacial score (nSPS) is 16.8. The minimum Gasteiger partial charge on any atom is -0.459 e. The van der Waals surface area contributed by atoms with Gasteiger partial charge in [0.25, 0.3) is 0 Å². The summed E-state index contributed by atoms with van der Waals surface area (Å²) in [5.41, 5.74) is -0.584. The van der Waals surface area contributed by atoms with Crippen LogP contribution in [0.2, 0.25) is 0 Å². The van der Waals surface area contributed by atoms with E-state index in [4.69, 9.17) is 14.2 Å². The number of hydrogen-bond donors (Lipinski definition) is 1. The van der Waals surface area contributed by atoms with Gasteiger partial charge in [-0.15, -0.1) is 0 Å². The number of carbonyl (C=O) groups excluding carboxylic acids is 4. The topological polar surface area (TPSA) is 114 Å². The van der Waals surface area contributed by atoms with Gasteiger partial charge in [0.15, 0.2) is 0 Å². The number of ether oxygens (including phenoxy) is 3. The second-order valence-electron chi connectivity index (χ2n) is 11.8. The smallest absolute Gasteiger partial charge is 0.413 e. The molecule has 1 N–H and O–H groups in total. The number of rotatable bonds is 10. The largest absolute Gasteiger partial charge is 0.459 e. The van der Waals surface area contributed by atoms with E-state index in [1.165, 1.54) is 4.90 Å². The van der Waals surface area contributed by atoms with Crippen LogP contribution in [0.25, 0.3) is 0 Å². The quantitative estimate of drug-likeness (QED) is 0.332. The number of aldehydes is 1. The summed E-state index contributed by atoms with van der Waals surface area (Å²) in [5, 5.41) is 2.71. The molecule has 0 aliphatic carbocycles. The number of nitrogens with one attached hydrogen (secondary N) is 1. The van der Waals surface area contributed by atoms with Gasteiger partial charge in [-0.1, -0.05) is 62.4 Å². The van der Waals surface area contributed by atoms with Crippen LogP contribution in [0, 0.1) is 5.41 Å². The average molecular weight is 568 g/mol. The summed E-state index contributed by atoms with van der Waals surface area (Å²) in [7, 11) is 0. The Morgan fingerprint density at radius 3 is 2.22 bits per heavy atom. The minimum atomic E-state index is -1.01. The van der Waals surface area contributed by atoms with E-state index in [1.54, 1.807) is 51.1 Å². The molecule has 0 saturated carbocycles. The number of esters is 1. The predicted molar refractivity (Wildman–Crippen MR) is 153 cm³/mol. The van der Waals surface area contributed by atoms with Crippen LogP contribution in [-0.4, -0.2) is 78.1 Å². The van der Waals surface area contributed by atoms with E-state index in [0.717, 1.165) is 11.8 Å². The molecular weight excluding hydrogens is 526 g/mol. The monoisotopic (exact) mass is 567 g/mol. The van der Waals surface area contributed by atoms with Crippen molar-refractivity contribution >= 4 is 24.4 Å². The summed E-state index contributed by atoms with van der Waals surface area (Å²) in [6.45, 7) is 10.9. The number of para-hydroxylation sites is 1. The van der Waals surface area contributed by atoms with Gasteiger partial charge in [-0.2, -0.15) is 0 Å². The van der Waals surface area contributed by atoms with Gasteiger partial charge < -0.3 is 24.3 Å². The SMILES string of the molecule is CC(C)(C)OC(=O)N1CCN(CCC(C)(C)C(NC(=O)Oc2ccccc2)C(=O)OCc2ccccc2)CC1C=O. The molecule has 0 bridgehead atoms. The molecule has 2 aromatic carbocycles. The molecule has 1 aliphatic rings. The first kappa shape index (κ1) is 31.6. The fourth-order valence-electron chi connectivity index (χ4n) is 4.46. The molecule has 1 saturated heterocycles. The molecule has 2 atom stereocenters. The summed E-state index contributed by atoms with van der Waals surface area (Å²) in [4.78, 5) is 54.1. The fourth-order valence-corrected chi connectivity index (χ4v) is 4.46. The lowest BCUT2D eigenvalue weighted by atomic mass is 9.80. The standard InChI is InChI=1S/C31H41N3O7/c1-30(2,3)41-29(38)34-19-18-33(20-24(34)21-35)17-16-31(4,5)26(27(36)39-22-23-12-8-6-9-13-23)32-28(37)40-25-14-10-7-11-15-25/h6-15,21,24,26H,16-20,22H2,1-5H3,(H,32,37). The molecule has 2 aromatic rings. The lowest BCUT2D eigenvalue weighted by Crippen LogP contribution is -2.57. The fraction of sp³-hybridized carbons (Fsp3) is 0.484. The molecule has 222 valence electrons. The highest BCUT2D eigenvalue weighted by molar-refractivity contribution is 5.83. The van der Waals surface area contributed by atoms with Gasteiger partial charge in [-0.3, -0.25) is 9.80 Å². The minimum absolute atomic E-state index is 0.0648. The van der Waals surface area contributed by atoms with Crippen LogP contribution in [0.1, 0.15) is 46.6 Å². The van der Waals surface area contributed by atoms with Gasteiger partial charge in [0.05, 0.1) is 0 Å². The van der Waals surface area contributed by atoms with Crippen molar-refractivity contribution in [2.75, 3.05) is 26.2 Å². The Morgan fingerprint density at radius 2 is 1.61 bits per heavy atom. The van der Waals surface area contributed by atoms with Crippen molar-refractivity contribution in [1.29, 1.82) is 0 Å². The molecule has 1 fully saturated rings. The van der Waals surface area contributed by atoms with E-state index in [2.05, 4.69) is 10.2 Å². The number of nitrogens with zero attached hydrogens (tertiary/aromatic N) is 2. The number of amides is 2. The highest BCUT2D eigenvalue weighted by Gasteiger charge is 2.40. The predicted octanol–water partition coefficient (Wildman–Crippen LogP) is 4.42. The van der Waals surface area contributed by atoms with Gasteiger partial charge in [0.1, 0.15) is 36.3 Å². The second-order valence-corrected chi connectivity index (χ2v) is 11.8. The Morgan fingerprint density at radius 1 is 0.976 bits per heavy atom. The molecule has 0 spiro atoms. The summed E-state index contributed by atoms with van der Waals surface area (Å²) < 4.78 is 16.5. The summed E-state index contributed by atoms with van der Waals surface area (Å²) in [6, 6.07) is 16.2. The van der Waals surface area contributed by atoms with E-state index in [-0.39, 0.29) is 6.61 Å². The van der Waals surface area contributed by atoms with Crippen LogP contribution in [0.15, 0.2) is 60.7 Å². The van der Waals surface area contributed by atoms with Crippen molar-refractivity contribution in [3.63, 3.8) is 0 Å². The van der Waals surface area contributed by atoms with Gasteiger partial charge in [0, 0.05) is 19.6 Å². The number of carbonyl (C=O) groups is 4. The molecule has 41 heavy (non-hydrogen) atoms. The molecular formula is C31H41N3O7. The maximum absolute atomic E-state index is 13.3. The maximum Gasteiger partial charge on any atom is 0.413 e. The first-order valence-electron chi connectivity index (χ1n) is 13.8. The van der Waals surface area contributed by atoms with Crippen LogP contribution < -0.4 is 10.1 Å². The van der Waals surface area contributed by atoms with Gasteiger partial charge >= 0.3 is 18.2 Å². The third-order valence-electron chi connectivity index (χ3n) is 6.82. The Labute approximate surface area is 241 Å². The Bertz CT molecular complexity index is 1170. The first-order chi connectivity index (χ1) is 19.4. The van der Waals surface area contributed by atoms with Crippen LogP contribution >= 0.6 is 0 Å². The van der Waals surface area contributed by atoms with Crippen LogP contribution in [0.5, 0.6) is 5.75 Å². The summed E-state index contributed by atoms with van der Waals surface area (Å²) >= 11 is 0. The molecule has 2 unspecified atom stereocenters. The summed E-state index contributed by atoms with van der Waals surface area (Å²) in [6.07, 6.45) is -0.0386. The van der Waals surface area contributed by atoms with Crippen molar-refractivity contribution < 1.29 is 33.4 Å². The lowest BCUT2D eigenvalue weighted by molar-refractivity contribution is -0.150. The summed E-state index contributed by atoms with van der Waals surface area (Å²) in [5.74, 6) is -0.230. The first-order valence-corrected chi connectivity index (χ1v) is 13.8. The van der Waals surface area contributed by atoms with E-state index in [1.807, 2.05) is 44.2 Å². The van der Waals surface area contributed by atoms with Crippen molar-refractivity contribution in [3.8, 4) is 5.75 Å². The molecule has 1 aliphatic heterocycles. The molecule has 10 nitrogen and oxygen atoms in total. The maximum atomic E-state index is 13.3.